The van der Waals surface area contributed by atoms with Crippen LogP contribution in [-0.2, 0) is 4.79 Å². The zero-order chi connectivity index (χ0) is 17.0. The van der Waals surface area contributed by atoms with Gasteiger partial charge in [-0.25, -0.2) is 0 Å². The number of benzene rings is 2. The van der Waals surface area contributed by atoms with Crippen molar-refractivity contribution in [2.24, 2.45) is 5.92 Å². The number of rotatable bonds is 5. The van der Waals surface area contributed by atoms with Gasteiger partial charge in [-0.15, -0.1) is 0 Å². The van der Waals surface area contributed by atoms with Gasteiger partial charge in [0.1, 0.15) is 0 Å². The van der Waals surface area contributed by atoms with E-state index in [0.29, 0.717) is 0 Å². The first-order valence-electron chi connectivity index (χ1n) is 7.85. The van der Waals surface area contributed by atoms with Crippen LogP contribution >= 0.6 is 11.8 Å². The molecule has 2 rings (SSSR count). The van der Waals surface area contributed by atoms with E-state index < -0.39 is 20.1 Å². The third-order valence-corrected chi connectivity index (χ3v) is 7.05. The van der Waals surface area contributed by atoms with Gasteiger partial charge in [0.05, 0.1) is 20.1 Å². The van der Waals surface area contributed by atoms with Crippen LogP contribution in [0.5, 0.6) is 0 Å². The van der Waals surface area contributed by atoms with Crippen LogP contribution in [0.25, 0.3) is 0 Å². The highest BCUT2D eigenvalue weighted by Gasteiger charge is 2.29. The first-order valence-corrected chi connectivity index (χ1v) is 12.2. The normalized spacial score (nSPS) is 14.3. The monoisotopic (exact) mass is 344 g/mol. The summed E-state index contributed by atoms with van der Waals surface area (Å²) in [5.74, 6) is -0.447. The number of aliphatic hydroxyl groups is 1. The van der Waals surface area contributed by atoms with Gasteiger partial charge in [0, 0.05) is 4.90 Å². The van der Waals surface area contributed by atoms with E-state index in [1.54, 1.807) is 0 Å². The molecule has 0 aliphatic heterocycles. The third kappa shape index (κ3) is 4.56. The Kier molecular flexibility index (Phi) is 5.84. The molecule has 0 amide bonds. The summed E-state index contributed by atoms with van der Waals surface area (Å²) in [7, 11) is -1.57. The van der Waals surface area contributed by atoms with Gasteiger partial charge >= 0.3 is 0 Å². The molecule has 0 spiro atoms. The fourth-order valence-corrected chi connectivity index (χ4v) is 5.07. The lowest BCUT2D eigenvalue weighted by Gasteiger charge is -2.26. The van der Waals surface area contributed by atoms with Gasteiger partial charge in [-0.1, -0.05) is 86.0 Å². The van der Waals surface area contributed by atoms with E-state index in [-0.39, 0.29) is 5.12 Å². The summed E-state index contributed by atoms with van der Waals surface area (Å²) in [5, 5.41) is 12.0. The van der Waals surface area contributed by atoms with E-state index in [2.05, 4.69) is 25.7 Å². The Morgan fingerprint density at radius 3 is 2.17 bits per heavy atom. The average molecular weight is 345 g/mol. The molecule has 4 heteroatoms. The van der Waals surface area contributed by atoms with Crippen molar-refractivity contribution >= 4 is 30.1 Å². The minimum atomic E-state index is -1.57. The summed E-state index contributed by atoms with van der Waals surface area (Å²) in [4.78, 5) is 13.4. The highest BCUT2D eigenvalue weighted by atomic mass is 32.2. The molecule has 2 atom stereocenters. The first-order chi connectivity index (χ1) is 10.8. The van der Waals surface area contributed by atoms with E-state index in [9.17, 15) is 9.90 Å². The van der Waals surface area contributed by atoms with Crippen molar-refractivity contribution in [3.63, 3.8) is 0 Å². The van der Waals surface area contributed by atoms with Crippen molar-refractivity contribution in [3.8, 4) is 0 Å². The minimum Gasteiger partial charge on any atom is -0.388 e. The molecule has 0 saturated carbocycles. The number of thioether (sulfide) groups is 1. The van der Waals surface area contributed by atoms with Crippen molar-refractivity contribution in [2.45, 2.75) is 37.6 Å². The largest absolute Gasteiger partial charge is 0.388 e. The Morgan fingerprint density at radius 2 is 1.57 bits per heavy atom. The highest BCUT2D eigenvalue weighted by Crippen LogP contribution is 2.30. The van der Waals surface area contributed by atoms with Gasteiger partial charge in [0.25, 0.3) is 0 Å². The maximum atomic E-state index is 12.5. The molecule has 2 aromatic rings. The van der Waals surface area contributed by atoms with Crippen molar-refractivity contribution in [3.05, 3.63) is 60.2 Å². The molecule has 0 heterocycles. The zero-order valence-electron chi connectivity index (χ0n) is 14.1. The zero-order valence-corrected chi connectivity index (χ0v) is 15.9. The topological polar surface area (TPSA) is 37.3 Å². The molecule has 2 aromatic carbocycles. The molecule has 0 bridgehead atoms. The third-order valence-electron chi connectivity index (χ3n) is 3.89. The maximum Gasteiger partial charge on any atom is 0.199 e. The van der Waals surface area contributed by atoms with Crippen molar-refractivity contribution in [1.29, 1.82) is 0 Å². The summed E-state index contributed by atoms with van der Waals surface area (Å²) in [5.41, 5.74) is 0.904. The lowest BCUT2D eigenvalue weighted by atomic mass is 9.98. The van der Waals surface area contributed by atoms with E-state index >= 15 is 0 Å². The Bertz CT molecular complexity index is 665. The predicted octanol–water partition coefficient (Wildman–Crippen LogP) is 4.22. The van der Waals surface area contributed by atoms with Crippen LogP contribution in [0.15, 0.2) is 59.5 Å². The molecule has 2 nitrogen and oxygen atoms in total. The van der Waals surface area contributed by atoms with Crippen LogP contribution in [-0.4, -0.2) is 18.3 Å². The van der Waals surface area contributed by atoms with Crippen LogP contribution in [0.3, 0.4) is 0 Å². The molecule has 1 N–H and O–H groups in total. The lowest BCUT2D eigenvalue weighted by molar-refractivity contribution is -0.117. The Labute approximate surface area is 144 Å². The smallest absolute Gasteiger partial charge is 0.199 e. The second-order valence-electron chi connectivity index (χ2n) is 6.80. The minimum absolute atomic E-state index is 0.00548. The molecular weight excluding hydrogens is 320 g/mol. The van der Waals surface area contributed by atoms with Crippen LogP contribution in [0.4, 0.5) is 0 Å². The van der Waals surface area contributed by atoms with Gasteiger partial charge < -0.3 is 5.11 Å². The Morgan fingerprint density at radius 1 is 1.00 bits per heavy atom. The number of carbonyl (C=O) groups is 1. The summed E-state index contributed by atoms with van der Waals surface area (Å²) >= 11 is 1.20. The van der Waals surface area contributed by atoms with Crippen molar-refractivity contribution in [1.82, 2.24) is 0 Å². The predicted molar refractivity (Wildman–Crippen MR) is 101 cm³/mol. The molecule has 0 aromatic heterocycles. The van der Waals surface area contributed by atoms with Gasteiger partial charge in [-0.2, -0.15) is 0 Å². The second kappa shape index (κ2) is 7.47. The van der Waals surface area contributed by atoms with Gasteiger partial charge in [-0.05, 0) is 17.7 Å². The molecule has 0 aliphatic carbocycles. The molecule has 0 fully saturated rings. The number of hydrogen-bond acceptors (Lipinski definition) is 3. The first kappa shape index (κ1) is 18.0. The molecule has 23 heavy (non-hydrogen) atoms. The average Bonchev–Trinajstić information content (AvgIpc) is 2.53. The summed E-state index contributed by atoms with van der Waals surface area (Å²) in [6.07, 6.45) is -0.762. The van der Waals surface area contributed by atoms with Gasteiger partial charge in [0.15, 0.2) is 5.12 Å². The maximum absolute atomic E-state index is 12.5. The molecular formula is C19H24O2SSi. The Balaban J connectivity index is 2.20. The molecule has 0 radical (unpaired) electrons. The van der Waals surface area contributed by atoms with E-state index in [4.69, 9.17) is 0 Å². The quantitative estimate of drug-likeness (QED) is 0.652. The SMILES string of the molecule is C[C@@H](C(=O)Sc1ccccc1)[C@H](O)c1ccccc1[Si](C)(C)C. The number of carbonyl (C=O) groups excluding carboxylic acids is 1. The fourth-order valence-electron chi connectivity index (χ4n) is 2.53. The number of aliphatic hydroxyl groups excluding tert-OH is 1. The van der Waals surface area contributed by atoms with Crippen LogP contribution in [0.2, 0.25) is 19.6 Å². The highest BCUT2D eigenvalue weighted by molar-refractivity contribution is 8.13. The van der Waals surface area contributed by atoms with E-state index in [1.165, 1.54) is 16.9 Å². The molecule has 0 aliphatic rings. The van der Waals surface area contributed by atoms with E-state index in [1.807, 2.05) is 55.5 Å². The van der Waals surface area contributed by atoms with Crippen molar-refractivity contribution < 1.29 is 9.90 Å². The standard InChI is InChI=1S/C19H24O2SSi/c1-14(19(21)22-15-10-6-5-7-11-15)18(20)16-12-8-9-13-17(16)23(2,3)4/h5-14,18,20H,1-4H3/t14-,18+/m1/s1. The van der Waals surface area contributed by atoms with Gasteiger partial charge in [-0.3, -0.25) is 4.79 Å². The number of hydrogen-bond donors (Lipinski definition) is 1. The fraction of sp³-hybridized carbons (Fsp3) is 0.316. The van der Waals surface area contributed by atoms with Crippen LogP contribution < -0.4 is 5.19 Å². The lowest BCUT2D eigenvalue weighted by Crippen LogP contribution is -2.41. The van der Waals surface area contributed by atoms with Gasteiger partial charge in [0.2, 0.25) is 0 Å². The second-order valence-corrected chi connectivity index (χ2v) is 12.9. The van der Waals surface area contributed by atoms with Crippen molar-refractivity contribution in [2.75, 3.05) is 0 Å². The Hall–Kier alpha value is -1.36. The summed E-state index contributed by atoms with van der Waals surface area (Å²) in [6, 6.07) is 17.6. The summed E-state index contributed by atoms with van der Waals surface area (Å²) < 4.78 is 0. The molecule has 0 unspecified atom stereocenters. The molecule has 122 valence electrons. The van der Waals surface area contributed by atoms with Crippen LogP contribution in [0, 0.1) is 5.92 Å². The van der Waals surface area contributed by atoms with Crippen LogP contribution in [0.1, 0.15) is 18.6 Å². The molecule has 0 saturated heterocycles. The van der Waals surface area contributed by atoms with E-state index in [0.717, 1.165) is 10.5 Å². The summed E-state index contributed by atoms with van der Waals surface area (Å²) in [6.45, 7) is 8.57.